The van der Waals surface area contributed by atoms with Gasteiger partial charge in [0.2, 0.25) is 0 Å². The number of rotatable bonds is 3. The fourth-order valence-corrected chi connectivity index (χ4v) is 1.26. The topological polar surface area (TPSA) is 37.0 Å². The molecular weight excluding hydrogens is 186 g/mol. The van der Waals surface area contributed by atoms with Crippen molar-refractivity contribution in [2.24, 2.45) is 0 Å². The number of hydrogen-bond donors (Lipinski definition) is 2. The van der Waals surface area contributed by atoms with E-state index in [2.05, 4.69) is 15.8 Å². The van der Waals surface area contributed by atoms with Gasteiger partial charge in [-0.2, -0.15) is 0 Å². The second-order valence-electron chi connectivity index (χ2n) is 3.33. The van der Waals surface area contributed by atoms with Gasteiger partial charge in [-0.15, -0.1) is 0 Å². The predicted molar refractivity (Wildman–Crippen MR) is 62.7 cm³/mol. The van der Waals surface area contributed by atoms with Gasteiger partial charge in [0.05, 0.1) is 5.69 Å². The van der Waals surface area contributed by atoms with E-state index in [-0.39, 0.29) is 0 Å². The molecule has 0 unspecified atom stereocenters. The highest BCUT2D eigenvalue weighted by molar-refractivity contribution is 5.49. The van der Waals surface area contributed by atoms with Gasteiger partial charge < -0.3 is 0 Å². The standard InChI is InChI=1S/C12H13N3/c1-10-7-8-13-12(9-10)15-14-11-5-3-2-4-6-11/h2-9,14H,1H3,(H,13,15). The monoisotopic (exact) mass is 199 g/mol. The van der Waals surface area contributed by atoms with Crippen LogP contribution in [0.3, 0.4) is 0 Å². The van der Waals surface area contributed by atoms with Crippen molar-refractivity contribution < 1.29 is 0 Å². The summed E-state index contributed by atoms with van der Waals surface area (Å²) in [6.45, 7) is 2.04. The summed E-state index contributed by atoms with van der Waals surface area (Å²) >= 11 is 0. The van der Waals surface area contributed by atoms with Crippen molar-refractivity contribution in [3.63, 3.8) is 0 Å². The minimum absolute atomic E-state index is 0.818. The molecule has 1 heterocycles. The molecule has 0 aliphatic rings. The molecule has 0 aliphatic heterocycles. The van der Waals surface area contributed by atoms with Crippen LogP contribution in [0, 0.1) is 6.92 Å². The quantitative estimate of drug-likeness (QED) is 0.746. The molecule has 0 amide bonds. The molecule has 0 aliphatic carbocycles. The van der Waals surface area contributed by atoms with Crippen molar-refractivity contribution in [1.82, 2.24) is 4.98 Å². The first-order valence-corrected chi connectivity index (χ1v) is 4.84. The Morgan fingerprint density at radius 1 is 1.00 bits per heavy atom. The van der Waals surface area contributed by atoms with Gasteiger partial charge in [-0.05, 0) is 36.8 Å². The number of aromatic nitrogens is 1. The summed E-state index contributed by atoms with van der Waals surface area (Å²) in [4.78, 5) is 4.18. The Hall–Kier alpha value is -2.03. The lowest BCUT2D eigenvalue weighted by Gasteiger charge is -2.08. The zero-order chi connectivity index (χ0) is 10.5. The van der Waals surface area contributed by atoms with Crippen LogP contribution in [0.15, 0.2) is 48.7 Å². The molecule has 0 spiro atoms. The van der Waals surface area contributed by atoms with Crippen LogP contribution in [0.5, 0.6) is 0 Å². The Morgan fingerprint density at radius 3 is 2.53 bits per heavy atom. The van der Waals surface area contributed by atoms with Crippen LogP contribution in [0.25, 0.3) is 0 Å². The van der Waals surface area contributed by atoms with Crippen molar-refractivity contribution in [3.8, 4) is 0 Å². The van der Waals surface area contributed by atoms with E-state index in [1.54, 1.807) is 6.20 Å². The molecule has 1 aromatic carbocycles. The van der Waals surface area contributed by atoms with Crippen molar-refractivity contribution in [3.05, 3.63) is 54.2 Å². The number of nitrogens with zero attached hydrogens (tertiary/aromatic N) is 1. The molecule has 2 rings (SSSR count). The van der Waals surface area contributed by atoms with E-state index in [0.29, 0.717) is 0 Å². The lowest BCUT2D eigenvalue weighted by molar-refractivity contribution is 1.24. The minimum atomic E-state index is 0.818. The third kappa shape index (κ3) is 2.71. The van der Waals surface area contributed by atoms with Crippen molar-refractivity contribution in [2.75, 3.05) is 10.9 Å². The highest BCUT2D eigenvalue weighted by atomic mass is 15.4. The molecule has 2 N–H and O–H groups in total. The average molecular weight is 199 g/mol. The molecule has 76 valence electrons. The molecule has 0 fully saturated rings. The summed E-state index contributed by atoms with van der Waals surface area (Å²) < 4.78 is 0. The molecule has 0 saturated carbocycles. The maximum atomic E-state index is 4.18. The molecule has 0 saturated heterocycles. The fourth-order valence-electron chi connectivity index (χ4n) is 1.26. The zero-order valence-corrected chi connectivity index (χ0v) is 8.57. The highest BCUT2D eigenvalue weighted by Gasteiger charge is 1.92. The molecule has 0 radical (unpaired) electrons. The lowest BCUT2D eigenvalue weighted by Crippen LogP contribution is -2.09. The number of nitrogens with one attached hydrogen (secondary N) is 2. The van der Waals surface area contributed by atoms with Gasteiger partial charge >= 0.3 is 0 Å². The van der Waals surface area contributed by atoms with Gasteiger partial charge in [0.25, 0.3) is 0 Å². The van der Waals surface area contributed by atoms with E-state index < -0.39 is 0 Å². The van der Waals surface area contributed by atoms with E-state index in [9.17, 15) is 0 Å². The van der Waals surface area contributed by atoms with Crippen molar-refractivity contribution in [2.45, 2.75) is 6.92 Å². The van der Waals surface area contributed by atoms with Gasteiger partial charge in [0.15, 0.2) is 0 Å². The molecule has 0 bridgehead atoms. The Morgan fingerprint density at radius 2 is 1.80 bits per heavy atom. The van der Waals surface area contributed by atoms with Gasteiger partial charge in [-0.25, -0.2) is 4.98 Å². The lowest BCUT2D eigenvalue weighted by atomic mass is 10.3. The van der Waals surface area contributed by atoms with Crippen LogP contribution in [-0.4, -0.2) is 4.98 Å². The van der Waals surface area contributed by atoms with Gasteiger partial charge in [0.1, 0.15) is 5.82 Å². The van der Waals surface area contributed by atoms with E-state index in [0.717, 1.165) is 11.5 Å². The minimum Gasteiger partial charge on any atom is -0.300 e. The summed E-state index contributed by atoms with van der Waals surface area (Å²) in [5.74, 6) is 0.818. The molecule has 3 nitrogen and oxygen atoms in total. The third-order valence-electron chi connectivity index (χ3n) is 2.02. The van der Waals surface area contributed by atoms with Crippen LogP contribution < -0.4 is 10.9 Å². The Labute approximate surface area is 89.1 Å². The summed E-state index contributed by atoms with van der Waals surface area (Å²) in [6.07, 6.45) is 1.78. The summed E-state index contributed by atoms with van der Waals surface area (Å²) in [7, 11) is 0. The zero-order valence-electron chi connectivity index (χ0n) is 8.57. The number of benzene rings is 1. The van der Waals surface area contributed by atoms with Gasteiger partial charge in [-0.1, -0.05) is 18.2 Å². The first-order valence-electron chi connectivity index (χ1n) is 4.84. The molecule has 0 atom stereocenters. The average Bonchev–Trinajstić information content (AvgIpc) is 2.28. The maximum Gasteiger partial charge on any atom is 0.144 e. The fraction of sp³-hybridized carbons (Fsp3) is 0.0833. The molecular formula is C12H13N3. The van der Waals surface area contributed by atoms with E-state index in [4.69, 9.17) is 0 Å². The maximum absolute atomic E-state index is 4.18. The second kappa shape index (κ2) is 4.46. The summed E-state index contributed by atoms with van der Waals surface area (Å²) in [6, 6.07) is 13.9. The van der Waals surface area contributed by atoms with Crippen LogP contribution in [0.2, 0.25) is 0 Å². The third-order valence-corrected chi connectivity index (χ3v) is 2.02. The summed E-state index contributed by atoms with van der Waals surface area (Å²) in [5, 5.41) is 0. The Bertz CT molecular complexity index is 426. The number of hydrazine groups is 1. The van der Waals surface area contributed by atoms with E-state index >= 15 is 0 Å². The largest absolute Gasteiger partial charge is 0.300 e. The van der Waals surface area contributed by atoms with Crippen molar-refractivity contribution >= 4 is 11.5 Å². The van der Waals surface area contributed by atoms with Crippen molar-refractivity contribution in [1.29, 1.82) is 0 Å². The normalized spacial score (nSPS) is 9.67. The van der Waals surface area contributed by atoms with Crippen LogP contribution >= 0.6 is 0 Å². The SMILES string of the molecule is Cc1ccnc(NNc2ccccc2)c1. The number of aryl methyl sites for hydroxylation is 1. The number of anilines is 2. The Kier molecular flexibility index (Phi) is 2.83. The number of pyridine rings is 1. The molecule has 3 heteroatoms. The van der Waals surface area contributed by atoms with E-state index in [1.807, 2.05) is 49.4 Å². The van der Waals surface area contributed by atoms with Crippen LogP contribution in [0.1, 0.15) is 5.56 Å². The number of hydrogen-bond acceptors (Lipinski definition) is 3. The van der Waals surface area contributed by atoms with Gasteiger partial charge in [-0.3, -0.25) is 10.9 Å². The number of para-hydroxylation sites is 1. The second-order valence-corrected chi connectivity index (χ2v) is 3.33. The van der Waals surface area contributed by atoms with Crippen LogP contribution in [0.4, 0.5) is 11.5 Å². The van der Waals surface area contributed by atoms with Gasteiger partial charge in [0, 0.05) is 6.20 Å². The molecule has 15 heavy (non-hydrogen) atoms. The van der Waals surface area contributed by atoms with E-state index in [1.165, 1.54) is 5.56 Å². The first kappa shape index (κ1) is 9.52. The van der Waals surface area contributed by atoms with Crippen LogP contribution in [-0.2, 0) is 0 Å². The highest BCUT2D eigenvalue weighted by Crippen LogP contribution is 2.08. The summed E-state index contributed by atoms with van der Waals surface area (Å²) in [5.41, 5.74) is 8.31. The first-order chi connectivity index (χ1) is 7.34. The molecule has 2 aromatic rings. The smallest absolute Gasteiger partial charge is 0.144 e. The molecule has 1 aromatic heterocycles. The predicted octanol–water partition coefficient (Wildman–Crippen LogP) is 2.83. The Balaban J connectivity index is 1.99.